The van der Waals surface area contributed by atoms with Gasteiger partial charge in [0.1, 0.15) is 0 Å². The maximum Gasteiger partial charge on any atom is 0.333 e. The zero-order valence-electron chi connectivity index (χ0n) is 19.6. The van der Waals surface area contributed by atoms with Crippen LogP contribution in [0.3, 0.4) is 0 Å². The van der Waals surface area contributed by atoms with Gasteiger partial charge in [-0.05, 0) is 65.2 Å². The number of ether oxygens (including phenoxy) is 5. The molecule has 0 radical (unpaired) electrons. The number of unbranched alkanes of at least 4 members (excludes halogenated alkanes) is 4. The molecule has 0 bridgehead atoms. The zero-order valence-corrected chi connectivity index (χ0v) is 19.6. The molecule has 0 aromatic carbocycles. The minimum absolute atomic E-state index is 0.329. The second kappa shape index (κ2) is 21.5. The van der Waals surface area contributed by atoms with Crippen molar-refractivity contribution in [1.29, 1.82) is 0 Å². The van der Waals surface area contributed by atoms with Crippen LogP contribution in [0.15, 0.2) is 24.3 Å². The molecule has 180 valence electrons. The third-order valence-corrected chi connectivity index (χ3v) is 4.18. The van der Waals surface area contributed by atoms with E-state index in [1.54, 1.807) is 13.8 Å². The fourth-order valence-electron chi connectivity index (χ4n) is 2.31. The molecule has 0 aromatic rings. The first kappa shape index (κ1) is 29.3. The van der Waals surface area contributed by atoms with Crippen molar-refractivity contribution in [3.63, 3.8) is 0 Å². The van der Waals surface area contributed by atoms with Crippen LogP contribution in [-0.4, -0.2) is 64.8 Å². The quantitative estimate of drug-likeness (QED) is 0.140. The van der Waals surface area contributed by atoms with Crippen molar-refractivity contribution in [2.24, 2.45) is 0 Å². The van der Waals surface area contributed by atoms with Gasteiger partial charge in [0.2, 0.25) is 0 Å². The van der Waals surface area contributed by atoms with E-state index in [2.05, 4.69) is 13.2 Å². The van der Waals surface area contributed by atoms with E-state index in [0.717, 1.165) is 77.8 Å². The molecule has 0 atom stereocenters. The molecule has 7 nitrogen and oxygen atoms in total. The lowest BCUT2D eigenvalue weighted by Crippen LogP contribution is -2.07. The first-order chi connectivity index (χ1) is 14.9. The Bertz CT molecular complexity index is 458. The van der Waals surface area contributed by atoms with E-state index in [9.17, 15) is 9.59 Å². The Morgan fingerprint density at radius 1 is 0.484 bits per heavy atom. The average molecular weight is 443 g/mol. The topological polar surface area (TPSA) is 80.3 Å². The first-order valence-electron chi connectivity index (χ1n) is 11.3. The lowest BCUT2D eigenvalue weighted by atomic mass is 10.3. The fraction of sp³-hybridized carbons (Fsp3) is 0.750. The summed E-state index contributed by atoms with van der Waals surface area (Å²) in [6.07, 6.45) is 7.30. The highest BCUT2D eigenvalue weighted by Gasteiger charge is 2.02. The number of rotatable bonds is 22. The standard InChI is InChI=1S/C24H42O7/c1-21(2)23(25)30-19-11-9-17-28-15-7-5-13-27-14-6-8-16-29-18-10-12-20-31-24(26)22(3)4/h1,3,5-20H2,2,4H3. The van der Waals surface area contributed by atoms with Crippen molar-refractivity contribution in [3.8, 4) is 0 Å². The van der Waals surface area contributed by atoms with E-state index in [1.807, 2.05) is 0 Å². The normalized spacial score (nSPS) is 10.6. The highest BCUT2D eigenvalue weighted by atomic mass is 16.5. The van der Waals surface area contributed by atoms with Gasteiger partial charge in [0.15, 0.2) is 0 Å². The molecule has 0 N–H and O–H groups in total. The summed E-state index contributed by atoms with van der Waals surface area (Å²) in [5, 5.41) is 0. The van der Waals surface area contributed by atoms with Gasteiger partial charge in [0, 0.05) is 50.8 Å². The molecule has 0 amide bonds. The van der Waals surface area contributed by atoms with Crippen LogP contribution in [0.2, 0.25) is 0 Å². The molecule has 0 fully saturated rings. The molecule has 0 aromatic heterocycles. The van der Waals surface area contributed by atoms with Crippen LogP contribution in [0.4, 0.5) is 0 Å². The van der Waals surface area contributed by atoms with Crippen LogP contribution in [0, 0.1) is 0 Å². The van der Waals surface area contributed by atoms with Gasteiger partial charge in [-0.2, -0.15) is 0 Å². The van der Waals surface area contributed by atoms with Gasteiger partial charge in [-0.3, -0.25) is 0 Å². The van der Waals surface area contributed by atoms with Gasteiger partial charge in [-0.1, -0.05) is 13.2 Å². The molecular formula is C24H42O7. The van der Waals surface area contributed by atoms with Crippen LogP contribution in [-0.2, 0) is 33.3 Å². The summed E-state index contributed by atoms with van der Waals surface area (Å²) in [7, 11) is 0. The van der Waals surface area contributed by atoms with Crippen LogP contribution < -0.4 is 0 Å². The van der Waals surface area contributed by atoms with E-state index in [1.165, 1.54) is 0 Å². The maximum atomic E-state index is 11.2. The first-order valence-corrected chi connectivity index (χ1v) is 11.3. The second-order valence-electron chi connectivity index (χ2n) is 7.50. The van der Waals surface area contributed by atoms with Crippen LogP contribution in [0.5, 0.6) is 0 Å². The monoisotopic (exact) mass is 442 g/mol. The van der Waals surface area contributed by atoms with E-state index in [4.69, 9.17) is 23.7 Å². The van der Waals surface area contributed by atoms with Crippen molar-refractivity contribution in [2.75, 3.05) is 52.9 Å². The van der Waals surface area contributed by atoms with E-state index in [0.29, 0.717) is 37.6 Å². The smallest absolute Gasteiger partial charge is 0.333 e. The van der Waals surface area contributed by atoms with E-state index < -0.39 is 0 Å². The molecule has 0 rings (SSSR count). The maximum absolute atomic E-state index is 11.2. The second-order valence-corrected chi connectivity index (χ2v) is 7.50. The molecule has 0 aliphatic rings. The van der Waals surface area contributed by atoms with Crippen molar-refractivity contribution >= 4 is 11.9 Å². The molecule has 0 saturated heterocycles. The third-order valence-electron chi connectivity index (χ3n) is 4.18. The summed E-state index contributed by atoms with van der Waals surface area (Å²) < 4.78 is 26.8. The van der Waals surface area contributed by atoms with Gasteiger partial charge in [-0.25, -0.2) is 9.59 Å². The number of esters is 2. The van der Waals surface area contributed by atoms with Crippen molar-refractivity contribution in [1.82, 2.24) is 0 Å². The fourth-order valence-corrected chi connectivity index (χ4v) is 2.31. The predicted molar refractivity (Wildman–Crippen MR) is 121 cm³/mol. The molecule has 0 aliphatic heterocycles. The SMILES string of the molecule is C=C(C)C(=O)OCCCCOCCCCOCCCCOCCCCOC(=O)C(=C)C. The van der Waals surface area contributed by atoms with Crippen LogP contribution in [0.1, 0.15) is 65.2 Å². The summed E-state index contributed by atoms with van der Waals surface area (Å²) in [5.74, 6) is -0.659. The molecule has 7 heteroatoms. The predicted octanol–water partition coefficient (Wildman–Crippen LogP) is 4.40. The van der Waals surface area contributed by atoms with Crippen molar-refractivity contribution in [2.45, 2.75) is 65.2 Å². The summed E-state index contributed by atoms with van der Waals surface area (Å²) in [6, 6.07) is 0. The van der Waals surface area contributed by atoms with Gasteiger partial charge in [0.25, 0.3) is 0 Å². The Morgan fingerprint density at radius 2 is 0.710 bits per heavy atom. The summed E-state index contributed by atoms with van der Waals surface area (Å²) >= 11 is 0. The zero-order chi connectivity index (χ0) is 23.2. The van der Waals surface area contributed by atoms with Crippen LogP contribution in [0.25, 0.3) is 0 Å². The highest BCUT2D eigenvalue weighted by molar-refractivity contribution is 5.87. The Hall–Kier alpha value is -1.70. The molecule has 0 spiro atoms. The van der Waals surface area contributed by atoms with Crippen molar-refractivity contribution < 1.29 is 33.3 Å². The number of hydrogen-bond acceptors (Lipinski definition) is 7. The van der Waals surface area contributed by atoms with Gasteiger partial charge < -0.3 is 23.7 Å². The van der Waals surface area contributed by atoms with Gasteiger partial charge in [0.05, 0.1) is 13.2 Å². The summed E-state index contributed by atoms with van der Waals surface area (Å²) in [6.45, 7) is 15.5. The Labute approximate surface area is 188 Å². The average Bonchev–Trinajstić information content (AvgIpc) is 2.74. The Kier molecular flexibility index (Phi) is 20.3. The number of carbonyl (C=O) groups excluding carboxylic acids is 2. The molecule has 31 heavy (non-hydrogen) atoms. The lowest BCUT2D eigenvalue weighted by Gasteiger charge is -2.07. The Balaban J connectivity index is 3.12. The third kappa shape index (κ3) is 21.3. The molecule has 0 unspecified atom stereocenters. The largest absolute Gasteiger partial charge is 0.462 e. The Morgan fingerprint density at radius 3 is 0.935 bits per heavy atom. The van der Waals surface area contributed by atoms with Crippen molar-refractivity contribution in [3.05, 3.63) is 24.3 Å². The van der Waals surface area contributed by atoms with E-state index >= 15 is 0 Å². The lowest BCUT2D eigenvalue weighted by molar-refractivity contribution is -0.140. The minimum atomic E-state index is -0.329. The number of carbonyl (C=O) groups is 2. The molecule has 0 saturated carbocycles. The molecular weight excluding hydrogens is 400 g/mol. The summed E-state index contributed by atoms with van der Waals surface area (Å²) in [5.41, 5.74) is 0.860. The minimum Gasteiger partial charge on any atom is -0.462 e. The molecule has 0 aliphatic carbocycles. The van der Waals surface area contributed by atoms with Gasteiger partial charge in [-0.15, -0.1) is 0 Å². The summed E-state index contributed by atoms with van der Waals surface area (Å²) in [4.78, 5) is 22.4. The van der Waals surface area contributed by atoms with Gasteiger partial charge >= 0.3 is 11.9 Å². The van der Waals surface area contributed by atoms with E-state index in [-0.39, 0.29) is 11.9 Å². The van der Waals surface area contributed by atoms with Crippen LogP contribution >= 0.6 is 0 Å². The highest BCUT2D eigenvalue weighted by Crippen LogP contribution is 2.00. The number of hydrogen-bond donors (Lipinski definition) is 0. The molecule has 0 heterocycles.